The van der Waals surface area contributed by atoms with E-state index in [9.17, 15) is 23.3 Å². The SMILES string of the molecule is CNS(=O)(=O)c1cc(C(=O)OCc2nnc(-c3ccc([N+](=O)[O-])cc3)o2)ccc1OC. The fourth-order valence-corrected chi connectivity index (χ4v) is 3.41. The number of esters is 1. The molecule has 0 spiro atoms. The first-order valence-corrected chi connectivity index (χ1v) is 10.1. The van der Waals surface area contributed by atoms with Gasteiger partial charge in [-0.15, -0.1) is 10.2 Å². The molecule has 0 amide bonds. The maximum atomic E-state index is 12.3. The van der Waals surface area contributed by atoms with Crippen molar-refractivity contribution in [1.29, 1.82) is 0 Å². The minimum absolute atomic E-state index is 0.0155. The number of hydrogen-bond acceptors (Lipinski definition) is 10. The van der Waals surface area contributed by atoms with Crippen LogP contribution < -0.4 is 9.46 Å². The summed E-state index contributed by atoms with van der Waals surface area (Å²) in [6.45, 7) is -0.362. The van der Waals surface area contributed by atoms with Crippen LogP contribution >= 0.6 is 0 Å². The van der Waals surface area contributed by atoms with E-state index in [-0.39, 0.29) is 40.3 Å². The highest BCUT2D eigenvalue weighted by molar-refractivity contribution is 7.89. The number of ether oxygens (including phenoxy) is 2. The number of aromatic nitrogens is 2. The second-order valence-corrected chi connectivity index (χ2v) is 7.81. The van der Waals surface area contributed by atoms with Crippen LogP contribution in [0, 0.1) is 10.1 Å². The lowest BCUT2D eigenvalue weighted by Crippen LogP contribution is -2.20. The van der Waals surface area contributed by atoms with Crippen molar-refractivity contribution in [3.8, 4) is 17.2 Å². The number of nitrogens with one attached hydrogen (secondary N) is 1. The normalized spacial score (nSPS) is 11.2. The minimum atomic E-state index is -3.87. The summed E-state index contributed by atoms with van der Waals surface area (Å²) in [7, 11) is -1.33. The van der Waals surface area contributed by atoms with Crippen molar-refractivity contribution in [2.24, 2.45) is 0 Å². The number of carbonyl (C=O) groups excluding carboxylic acids is 1. The van der Waals surface area contributed by atoms with E-state index >= 15 is 0 Å². The van der Waals surface area contributed by atoms with Gasteiger partial charge in [0, 0.05) is 17.7 Å². The van der Waals surface area contributed by atoms with Gasteiger partial charge in [0.1, 0.15) is 10.6 Å². The average Bonchev–Trinajstić information content (AvgIpc) is 3.26. The standard InChI is InChI=1S/C18H16N4O8S/c1-19-31(26,27)15-9-12(5-8-14(15)28-2)18(23)29-10-16-20-21-17(30-16)11-3-6-13(7-4-11)22(24)25/h3-9,19H,10H2,1-2H3. The largest absolute Gasteiger partial charge is 0.495 e. The number of methoxy groups -OCH3 is 1. The number of non-ortho nitro benzene ring substituents is 1. The zero-order valence-corrected chi connectivity index (χ0v) is 17.1. The van der Waals surface area contributed by atoms with Gasteiger partial charge in [-0.1, -0.05) is 0 Å². The molecule has 0 bridgehead atoms. The number of carbonyl (C=O) groups is 1. The zero-order chi connectivity index (χ0) is 22.6. The highest BCUT2D eigenvalue weighted by Gasteiger charge is 2.21. The van der Waals surface area contributed by atoms with Crippen LogP contribution in [0.1, 0.15) is 16.2 Å². The van der Waals surface area contributed by atoms with Crippen molar-refractivity contribution in [2.45, 2.75) is 11.5 Å². The summed E-state index contributed by atoms with van der Waals surface area (Å²) in [4.78, 5) is 22.3. The molecule has 1 N–H and O–H groups in total. The number of sulfonamides is 1. The molecule has 13 heteroatoms. The van der Waals surface area contributed by atoms with Crippen LogP contribution in [-0.2, 0) is 21.4 Å². The first kappa shape index (κ1) is 21.9. The van der Waals surface area contributed by atoms with E-state index < -0.39 is 20.9 Å². The summed E-state index contributed by atoms with van der Waals surface area (Å²) in [6, 6.07) is 9.29. The van der Waals surface area contributed by atoms with Gasteiger partial charge < -0.3 is 13.9 Å². The van der Waals surface area contributed by atoms with Crippen LogP contribution in [0.25, 0.3) is 11.5 Å². The first-order chi connectivity index (χ1) is 14.7. The van der Waals surface area contributed by atoms with Crippen LogP contribution in [-0.4, -0.2) is 43.7 Å². The van der Waals surface area contributed by atoms with E-state index in [4.69, 9.17) is 13.9 Å². The lowest BCUT2D eigenvalue weighted by Gasteiger charge is -2.10. The third-order valence-corrected chi connectivity index (χ3v) is 5.51. The summed E-state index contributed by atoms with van der Waals surface area (Å²) < 4.78 is 41.9. The monoisotopic (exact) mass is 448 g/mol. The highest BCUT2D eigenvalue weighted by atomic mass is 32.2. The summed E-state index contributed by atoms with van der Waals surface area (Å²) in [6.07, 6.45) is 0. The molecule has 0 atom stereocenters. The van der Waals surface area contributed by atoms with Gasteiger partial charge in [0.15, 0.2) is 6.61 Å². The molecule has 0 fully saturated rings. The van der Waals surface area contributed by atoms with Crippen LogP contribution in [0.3, 0.4) is 0 Å². The molecule has 0 aliphatic heterocycles. The van der Waals surface area contributed by atoms with Gasteiger partial charge in [0.2, 0.25) is 15.9 Å². The minimum Gasteiger partial charge on any atom is -0.495 e. The first-order valence-electron chi connectivity index (χ1n) is 8.61. The summed E-state index contributed by atoms with van der Waals surface area (Å²) in [5.74, 6) is -0.674. The second kappa shape index (κ2) is 8.89. The highest BCUT2D eigenvalue weighted by Crippen LogP contribution is 2.25. The molecule has 0 unspecified atom stereocenters. The van der Waals surface area contributed by atoms with Crippen molar-refractivity contribution in [2.75, 3.05) is 14.2 Å². The van der Waals surface area contributed by atoms with Gasteiger partial charge in [-0.3, -0.25) is 10.1 Å². The number of nitrogens with zero attached hydrogens (tertiary/aromatic N) is 3. The molecule has 0 saturated carbocycles. The van der Waals surface area contributed by atoms with Crippen molar-refractivity contribution < 1.29 is 32.0 Å². The van der Waals surface area contributed by atoms with E-state index in [2.05, 4.69) is 14.9 Å². The van der Waals surface area contributed by atoms with E-state index in [0.717, 1.165) is 6.07 Å². The Bertz CT molecular complexity index is 1220. The third kappa shape index (κ3) is 4.84. The smallest absolute Gasteiger partial charge is 0.338 e. The topological polar surface area (TPSA) is 164 Å². The molecule has 3 rings (SSSR count). The van der Waals surface area contributed by atoms with E-state index in [0.29, 0.717) is 5.56 Å². The lowest BCUT2D eigenvalue weighted by atomic mass is 10.2. The quantitative estimate of drug-likeness (QED) is 0.306. The maximum absolute atomic E-state index is 12.3. The molecule has 0 radical (unpaired) electrons. The molecule has 162 valence electrons. The maximum Gasteiger partial charge on any atom is 0.338 e. The van der Waals surface area contributed by atoms with Crippen LogP contribution in [0.15, 0.2) is 51.8 Å². The Kier molecular flexibility index (Phi) is 6.27. The second-order valence-electron chi connectivity index (χ2n) is 5.95. The van der Waals surface area contributed by atoms with E-state index in [1.807, 2.05) is 0 Å². The van der Waals surface area contributed by atoms with E-state index in [1.165, 1.54) is 50.6 Å². The molecule has 2 aromatic carbocycles. The van der Waals surface area contributed by atoms with Gasteiger partial charge in [-0.25, -0.2) is 17.9 Å². The van der Waals surface area contributed by atoms with Gasteiger partial charge in [-0.05, 0) is 37.4 Å². The molecule has 0 saturated heterocycles. The van der Waals surface area contributed by atoms with Gasteiger partial charge in [-0.2, -0.15) is 0 Å². The van der Waals surface area contributed by atoms with Gasteiger partial charge in [0.05, 0.1) is 17.6 Å². The predicted octanol–water partition coefficient (Wildman–Crippen LogP) is 1.92. The molecule has 31 heavy (non-hydrogen) atoms. The van der Waals surface area contributed by atoms with Crippen molar-refractivity contribution >= 4 is 21.7 Å². The Hall–Kier alpha value is -3.84. The molecule has 12 nitrogen and oxygen atoms in total. The number of nitro benzene ring substituents is 1. The van der Waals surface area contributed by atoms with Crippen LogP contribution in [0.4, 0.5) is 5.69 Å². The number of nitro groups is 1. The Labute approximate surface area is 176 Å². The van der Waals surface area contributed by atoms with Gasteiger partial charge >= 0.3 is 5.97 Å². The summed E-state index contributed by atoms with van der Waals surface area (Å²) >= 11 is 0. The summed E-state index contributed by atoms with van der Waals surface area (Å²) in [5, 5.41) is 18.3. The van der Waals surface area contributed by atoms with Crippen LogP contribution in [0.5, 0.6) is 5.75 Å². The lowest BCUT2D eigenvalue weighted by molar-refractivity contribution is -0.384. The molecule has 3 aromatic rings. The van der Waals surface area contributed by atoms with Crippen LogP contribution in [0.2, 0.25) is 0 Å². The van der Waals surface area contributed by atoms with Crippen molar-refractivity contribution in [1.82, 2.24) is 14.9 Å². The molecule has 0 aliphatic carbocycles. The summed E-state index contributed by atoms with van der Waals surface area (Å²) in [5.41, 5.74) is 0.342. The van der Waals surface area contributed by atoms with Crippen molar-refractivity contribution in [3.05, 3.63) is 64.0 Å². The number of rotatable bonds is 8. The van der Waals surface area contributed by atoms with Crippen molar-refractivity contribution in [3.63, 3.8) is 0 Å². The molecule has 1 aromatic heterocycles. The molecular formula is C18H16N4O8S. The number of benzene rings is 2. The van der Waals surface area contributed by atoms with E-state index in [1.54, 1.807) is 0 Å². The predicted molar refractivity (Wildman–Crippen MR) is 105 cm³/mol. The fourth-order valence-electron chi connectivity index (χ4n) is 2.49. The molecule has 0 aliphatic rings. The molecule has 1 heterocycles. The Morgan fingerprint density at radius 2 is 1.90 bits per heavy atom. The molecular weight excluding hydrogens is 432 g/mol. The number of hydrogen-bond donors (Lipinski definition) is 1. The fraction of sp³-hybridized carbons (Fsp3) is 0.167. The Morgan fingerprint density at radius 1 is 1.19 bits per heavy atom. The zero-order valence-electron chi connectivity index (χ0n) is 16.3. The average molecular weight is 448 g/mol. The van der Waals surface area contributed by atoms with Gasteiger partial charge in [0.25, 0.3) is 11.6 Å². The Balaban J connectivity index is 1.72. The third-order valence-electron chi connectivity index (χ3n) is 4.08. The Morgan fingerprint density at radius 3 is 2.52 bits per heavy atom.